The van der Waals surface area contributed by atoms with Crippen molar-refractivity contribution >= 4 is 5.95 Å². The third kappa shape index (κ3) is 3.04. The molecule has 0 aromatic carbocycles. The van der Waals surface area contributed by atoms with Crippen molar-refractivity contribution in [1.29, 1.82) is 0 Å². The standard InChI is InChI=1S/C13H19N5O2/c1-13(2,3)9-6-7-11(19)18(15-9)8-10-14-12(16-20-10)17(4)5/h6-7H,8H2,1-5H3. The molecule has 2 heterocycles. The zero-order valence-corrected chi connectivity index (χ0v) is 12.4. The minimum absolute atomic E-state index is 0.126. The molecule has 0 N–H and O–H groups in total. The maximum Gasteiger partial charge on any atom is 0.267 e. The summed E-state index contributed by atoms with van der Waals surface area (Å²) < 4.78 is 6.45. The van der Waals surface area contributed by atoms with Gasteiger partial charge in [-0.3, -0.25) is 4.79 Å². The van der Waals surface area contributed by atoms with Crippen molar-refractivity contribution in [3.8, 4) is 0 Å². The summed E-state index contributed by atoms with van der Waals surface area (Å²) >= 11 is 0. The molecule has 0 aliphatic carbocycles. The van der Waals surface area contributed by atoms with Gasteiger partial charge in [-0.15, -0.1) is 0 Å². The topological polar surface area (TPSA) is 77.0 Å². The molecule has 0 amide bonds. The molecule has 108 valence electrons. The Hall–Kier alpha value is -2.18. The molecule has 7 nitrogen and oxygen atoms in total. The van der Waals surface area contributed by atoms with Crippen molar-refractivity contribution in [3.05, 3.63) is 34.1 Å². The first-order valence-electron chi connectivity index (χ1n) is 6.36. The van der Waals surface area contributed by atoms with E-state index in [9.17, 15) is 4.79 Å². The second-order valence-electron chi connectivity index (χ2n) is 5.85. The summed E-state index contributed by atoms with van der Waals surface area (Å²) in [6, 6.07) is 3.26. The normalized spacial score (nSPS) is 11.7. The summed E-state index contributed by atoms with van der Waals surface area (Å²) in [5, 5.41) is 8.17. The van der Waals surface area contributed by atoms with Crippen molar-refractivity contribution in [2.45, 2.75) is 32.7 Å². The van der Waals surface area contributed by atoms with Gasteiger partial charge in [-0.05, 0) is 11.2 Å². The molecule has 0 atom stereocenters. The Kier molecular flexibility index (Phi) is 3.61. The maximum absolute atomic E-state index is 11.8. The van der Waals surface area contributed by atoms with E-state index >= 15 is 0 Å². The Balaban J connectivity index is 2.30. The van der Waals surface area contributed by atoms with Crippen LogP contribution in [0.1, 0.15) is 32.4 Å². The van der Waals surface area contributed by atoms with Gasteiger partial charge in [0, 0.05) is 25.6 Å². The van der Waals surface area contributed by atoms with Crippen LogP contribution < -0.4 is 10.5 Å². The van der Waals surface area contributed by atoms with Crippen molar-refractivity contribution in [2.24, 2.45) is 0 Å². The molecular formula is C13H19N5O2. The predicted octanol–water partition coefficient (Wildman–Crippen LogP) is 1.04. The molecule has 20 heavy (non-hydrogen) atoms. The number of aromatic nitrogens is 4. The summed E-state index contributed by atoms with van der Waals surface area (Å²) in [7, 11) is 3.64. The molecule has 2 aromatic heterocycles. The zero-order valence-electron chi connectivity index (χ0n) is 12.4. The van der Waals surface area contributed by atoms with E-state index in [0.717, 1.165) is 5.69 Å². The Morgan fingerprint density at radius 1 is 1.30 bits per heavy atom. The summed E-state index contributed by atoms with van der Waals surface area (Å²) in [5.41, 5.74) is 0.520. The van der Waals surface area contributed by atoms with E-state index in [1.807, 2.05) is 34.9 Å². The Morgan fingerprint density at radius 2 is 2.00 bits per heavy atom. The van der Waals surface area contributed by atoms with E-state index in [4.69, 9.17) is 4.52 Å². The van der Waals surface area contributed by atoms with Gasteiger partial charge in [-0.2, -0.15) is 10.1 Å². The van der Waals surface area contributed by atoms with E-state index in [0.29, 0.717) is 11.8 Å². The van der Waals surface area contributed by atoms with Gasteiger partial charge in [0.2, 0.25) is 5.89 Å². The Labute approximate surface area is 117 Å². The lowest BCUT2D eigenvalue weighted by Crippen LogP contribution is -2.27. The molecule has 0 saturated heterocycles. The molecular weight excluding hydrogens is 258 g/mol. The smallest absolute Gasteiger partial charge is 0.267 e. The van der Waals surface area contributed by atoms with Crippen molar-refractivity contribution in [1.82, 2.24) is 19.9 Å². The van der Waals surface area contributed by atoms with E-state index in [2.05, 4.69) is 15.2 Å². The van der Waals surface area contributed by atoms with Gasteiger partial charge in [0.25, 0.3) is 11.5 Å². The molecule has 7 heteroatoms. The lowest BCUT2D eigenvalue weighted by molar-refractivity contribution is 0.360. The lowest BCUT2D eigenvalue weighted by atomic mass is 9.92. The number of hydrogen-bond donors (Lipinski definition) is 0. The number of anilines is 1. The Morgan fingerprint density at radius 3 is 2.55 bits per heavy atom. The van der Waals surface area contributed by atoms with Gasteiger partial charge in [0.1, 0.15) is 6.54 Å². The molecule has 0 radical (unpaired) electrons. The van der Waals surface area contributed by atoms with Crippen LogP contribution in [-0.2, 0) is 12.0 Å². The molecule has 0 unspecified atom stereocenters. The fraction of sp³-hybridized carbons (Fsp3) is 0.538. The van der Waals surface area contributed by atoms with Crippen molar-refractivity contribution in [3.63, 3.8) is 0 Å². The van der Waals surface area contributed by atoms with Gasteiger partial charge in [-0.25, -0.2) is 4.68 Å². The summed E-state index contributed by atoms with van der Waals surface area (Å²) in [6.45, 7) is 6.30. The van der Waals surface area contributed by atoms with Crippen LogP contribution in [0.25, 0.3) is 0 Å². The van der Waals surface area contributed by atoms with Crippen LogP contribution >= 0.6 is 0 Å². The van der Waals surface area contributed by atoms with E-state index < -0.39 is 0 Å². The average Bonchev–Trinajstić information content (AvgIpc) is 2.79. The minimum atomic E-state index is -0.192. The quantitative estimate of drug-likeness (QED) is 0.834. The average molecular weight is 277 g/mol. The van der Waals surface area contributed by atoms with E-state index in [1.165, 1.54) is 10.7 Å². The van der Waals surface area contributed by atoms with Crippen LogP contribution in [0.2, 0.25) is 0 Å². The third-order valence-electron chi connectivity index (χ3n) is 2.78. The van der Waals surface area contributed by atoms with Crippen LogP contribution in [0, 0.1) is 0 Å². The first kappa shape index (κ1) is 14.2. The van der Waals surface area contributed by atoms with Gasteiger partial charge < -0.3 is 9.42 Å². The first-order valence-corrected chi connectivity index (χ1v) is 6.36. The van der Waals surface area contributed by atoms with Crippen LogP contribution in [0.5, 0.6) is 0 Å². The molecule has 2 aromatic rings. The van der Waals surface area contributed by atoms with Gasteiger partial charge in [-0.1, -0.05) is 20.8 Å². The van der Waals surface area contributed by atoms with Crippen LogP contribution in [0.4, 0.5) is 5.95 Å². The fourth-order valence-electron chi connectivity index (χ4n) is 1.58. The summed E-state index contributed by atoms with van der Waals surface area (Å²) in [5.74, 6) is 0.828. The highest BCUT2D eigenvalue weighted by Crippen LogP contribution is 2.18. The van der Waals surface area contributed by atoms with Crippen molar-refractivity contribution in [2.75, 3.05) is 19.0 Å². The maximum atomic E-state index is 11.8. The molecule has 0 aliphatic rings. The number of nitrogens with zero attached hydrogens (tertiary/aromatic N) is 5. The molecule has 0 saturated carbocycles. The van der Waals surface area contributed by atoms with Crippen LogP contribution in [0.15, 0.2) is 21.5 Å². The SMILES string of the molecule is CN(C)c1noc(Cn2nc(C(C)(C)C)ccc2=O)n1. The molecule has 0 bridgehead atoms. The highest BCUT2D eigenvalue weighted by Gasteiger charge is 2.17. The summed E-state index contributed by atoms with van der Waals surface area (Å²) in [6.07, 6.45) is 0. The first-order chi connectivity index (χ1) is 9.27. The largest absolute Gasteiger partial charge is 0.344 e. The van der Waals surface area contributed by atoms with E-state index in [-0.39, 0.29) is 17.5 Å². The predicted molar refractivity (Wildman–Crippen MR) is 74.9 cm³/mol. The molecule has 0 spiro atoms. The van der Waals surface area contributed by atoms with E-state index in [1.54, 1.807) is 11.0 Å². The molecule has 0 fully saturated rings. The third-order valence-corrected chi connectivity index (χ3v) is 2.78. The van der Waals surface area contributed by atoms with Crippen molar-refractivity contribution < 1.29 is 4.52 Å². The highest BCUT2D eigenvalue weighted by atomic mass is 16.5. The Bertz CT molecular complexity index is 651. The fourth-order valence-corrected chi connectivity index (χ4v) is 1.58. The second-order valence-corrected chi connectivity index (χ2v) is 5.85. The molecule has 0 aliphatic heterocycles. The second kappa shape index (κ2) is 5.07. The minimum Gasteiger partial charge on any atom is -0.344 e. The van der Waals surface area contributed by atoms with Crippen LogP contribution in [-0.4, -0.2) is 34.0 Å². The van der Waals surface area contributed by atoms with Crippen LogP contribution in [0.3, 0.4) is 0 Å². The zero-order chi connectivity index (χ0) is 14.9. The summed E-state index contributed by atoms with van der Waals surface area (Å²) in [4.78, 5) is 17.8. The highest BCUT2D eigenvalue weighted by molar-refractivity contribution is 5.23. The monoisotopic (exact) mass is 277 g/mol. The number of hydrogen-bond acceptors (Lipinski definition) is 6. The molecule has 2 rings (SSSR count). The van der Waals surface area contributed by atoms with Gasteiger partial charge in [0.05, 0.1) is 5.69 Å². The van der Waals surface area contributed by atoms with Gasteiger partial charge in [0.15, 0.2) is 0 Å². The number of rotatable bonds is 3. The van der Waals surface area contributed by atoms with Gasteiger partial charge >= 0.3 is 0 Å². The lowest BCUT2D eigenvalue weighted by Gasteiger charge is -2.17.